The third-order valence-electron chi connectivity index (χ3n) is 3.05. The van der Waals surface area contributed by atoms with Gasteiger partial charge in [0.15, 0.2) is 5.78 Å². The van der Waals surface area contributed by atoms with Gasteiger partial charge in [0.25, 0.3) is 0 Å². The van der Waals surface area contributed by atoms with E-state index in [0.717, 1.165) is 17.0 Å². The van der Waals surface area contributed by atoms with E-state index in [-0.39, 0.29) is 5.78 Å². The highest BCUT2D eigenvalue weighted by molar-refractivity contribution is 6.33. The first-order chi connectivity index (χ1) is 10.6. The average Bonchev–Trinajstić information content (AvgIpc) is 2.50. The highest BCUT2D eigenvalue weighted by Gasteiger charge is 2.02. The van der Waals surface area contributed by atoms with Crippen LogP contribution in [0.15, 0.2) is 54.7 Å². The van der Waals surface area contributed by atoms with E-state index >= 15 is 0 Å². The van der Waals surface area contributed by atoms with Crippen molar-refractivity contribution in [1.82, 2.24) is 0 Å². The van der Waals surface area contributed by atoms with Crippen LogP contribution in [0.25, 0.3) is 0 Å². The summed E-state index contributed by atoms with van der Waals surface area (Å²) in [5.74, 6) is 0.673. The highest BCUT2D eigenvalue weighted by atomic mass is 35.5. The molecule has 3 nitrogen and oxygen atoms in total. The van der Waals surface area contributed by atoms with Crippen molar-refractivity contribution in [3.05, 3.63) is 70.9 Å². The van der Waals surface area contributed by atoms with Gasteiger partial charge in [-0.2, -0.15) is 0 Å². The van der Waals surface area contributed by atoms with E-state index in [4.69, 9.17) is 16.3 Å². The lowest BCUT2D eigenvalue weighted by Gasteiger charge is -2.05. The van der Waals surface area contributed by atoms with Gasteiger partial charge in [-0.3, -0.25) is 4.79 Å². The Balaban J connectivity index is 1.98. The highest BCUT2D eigenvalue weighted by Crippen LogP contribution is 2.22. The normalized spacial score (nSPS) is 10.7. The lowest BCUT2D eigenvalue weighted by Crippen LogP contribution is -1.97. The minimum absolute atomic E-state index is 0.0845. The van der Waals surface area contributed by atoms with Crippen molar-refractivity contribution in [2.45, 2.75) is 13.8 Å². The topological polar surface area (TPSA) is 38.3 Å². The van der Waals surface area contributed by atoms with E-state index in [9.17, 15) is 4.79 Å². The SMILES string of the molecule is CCOc1ccc(C(=O)C=CNc2ccc(C)cc2Cl)cc1. The van der Waals surface area contributed by atoms with Gasteiger partial charge >= 0.3 is 0 Å². The van der Waals surface area contributed by atoms with Crippen LogP contribution in [0.1, 0.15) is 22.8 Å². The Labute approximate surface area is 135 Å². The second kappa shape index (κ2) is 7.66. The summed E-state index contributed by atoms with van der Waals surface area (Å²) in [6.07, 6.45) is 3.07. The summed E-state index contributed by atoms with van der Waals surface area (Å²) < 4.78 is 5.35. The Morgan fingerprint density at radius 2 is 1.95 bits per heavy atom. The third kappa shape index (κ3) is 4.37. The summed E-state index contributed by atoms with van der Waals surface area (Å²) in [5, 5.41) is 3.64. The molecule has 2 aromatic rings. The summed E-state index contributed by atoms with van der Waals surface area (Å²) in [5.41, 5.74) is 2.46. The molecule has 1 N–H and O–H groups in total. The van der Waals surface area contributed by atoms with Crippen molar-refractivity contribution in [3.8, 4) is 5.75 Å². The number of carbonyl (C=O) groups excluding carboxylic acids is 1. The molecule has 114 valence electrons. The Kier molecular flexibility index (Phi) is 5.61. The van der Waals surface area contributed by atoms with Crippen LogP contribution in [0.4, 0.5) is 5.69 Å². The molecule has 22 heavy (non-hydrogen) atoms. The fourth-order valence-corrected chi connectivity index (χ4v) is 2.21. The third-order valence-corrected chi connectivity index (χ3v) is 3.36. The maximum Gasteiger partial charge on any atom is 0.187 e. The van der Waals surface area contributed by atoms with Crippen LogP contribution in [-0.4, -0.2) is 12.4 Å². The van der Waals surface area contributed by atoms with Gasteiger partial charge in [0.2, 0.25) is 0 Å². The second-order valence-electron chi connectivity index (χ2n) is 4.78. The Hall–Kier alpha value is -2.26. The number of allylic oxidation sites excluding steroid dienone is 1. The molecule has 0 aliphatic heterocycles. The smallest absolute Gasteiger partial charge is 0.187 e. The second-order valence-corrected chi connectivity index (χ2v) is 5.19. The average molecular weight is 316 g/mol. The first-order valence-corrected chi connectivity index (χ1v) is 7.44. The van der Waals surface area contributed by atoms with Gasteiger partial charge in [-0.1, -0.05) is 17.7 Å². The van der Waals surface area contributed by atoms with Gasteiger partial charge in [-0.25, -0.2) is 0 Å². The van der Waals surface area contributed by atoms with Crippen molar-refractivity contribution in [1.29, 1.82) is 0 Å². The molecule has 0 atom stereocenters. The number of rotatable bonds is 6. The number of nitrogens with one attached hydrogen (secondary N) is 1. The molecule has 0 bridgehead atoms. The minimum atomic E-state index is -0.0845. The summed E-state index contributed by atoms with van der Waals surface area (Å²) >= 11 is 6.11. The van der Waals surface area contributed by atoms with Crippen LogP contribution >= 0.6 is 11.6 Å². The zero-order valence-corrected chi connectivity index (χ0v) is 13.4. The summed E-state index contributed by atoms with van der Waals surface area (Å²) in [4.78, 5) is 12.0. The van der Waals surface area contributed by atoms with E-state index in [2.05, 4.69) is 5.32 Å². The van der Waals surface area contributed by atoms with Crippen molar-refractivity contribution >= 4 is 23.1 Å². The van der Waals surface area contributed by atoms with Crippen LogP contribution in [0.2, 0.25) is 5.02 Å². The molecule has 2 rings (SSSR count). The Morgan fingerprint density at radius 1 is 1.23 bits per heavy atom. The Bertz CT molecular complexity index is 678. The van der Waals surface area contributed by atoms with E-state index in [1.807, 2.05) is 32.0 Å². The summed E-state index contributed by atoms with van der Waals surface area (Å²) in [7, 11) is 0. The van der Waals surface area contributed by atoms with E-state index in [0.29, 0.717) is 17.2 Å². The van der Waals surface area contributed by atoms with Gasteiger partial charge in [0.1, 0.15) is 5.75 Å². The van der Waals surface area contributed by atoms with Crippen LogP contribution in [0, 0.1) is 6.92 Å². The molecule has 4 heteroatoms. The minimum Gasteiger partial charge on any atom is -0.494 e. The molecule has 0 saturated heterocycles. The molecule has 0 aliphatic rings. The molecule has 0 spiro atoms. The maximum absolute atomic E-state index is 12.0. The molecule has 0 aromatic heterocycles. The fraction of sp³-hybridized carbons (Fsp3) is 0.167. The predicted octanol–water partition coefficient (Wildman–Crippen LogP) is 4.86. The molecule has 0 fully saturated rings. The zero-order valence-electron chi connectivity index (χ0n) is 12.6. The van der Waals surface area contributed by atoms with Crippen LogP contribution in [0.5, 0.6) is 5.75 Å². The number of hydrogen-bond acceptors (Lipinski definition) is 3. The number of ketones is 1. The van der Waals surface area contributed by atoms with Crippen LogP contribution < -0.4 is 10.1 Å². The lowest BCUT2D eigenvalue weighted by atomic mass is 10.1. The van der Waals surface area contributed by atoms with Gasteiger partial charge < -0.3 is 10.1 Å². The van der Waals surface area contributed by atoms with Gasteiger partial charge in [0.05, 0.1) is 17.3 Å². The Morgan fingerprint density at radius 3 is 2.59 bits per heavy atom. The van der Waals surface area contributed by atoms with Crippen molar-refractivity contribution in [2.75, 3.05) is 11.9 Å². The van der Waals surface area contributed by atoms with E-state index in [1.54, 1.807) is 30.5 Å². The summed E-state index contributed by atoms with van der Waals surface area (Å²) in [6, 6.07) is 12.8. The molecule has 0 unspecified atom stereocenters. The lowest BCUT2D eigenvalue weighted by molar-refractivity contribution is 0.104. The summed E-state index contributed by atoms with van der Waals surface area (Å²) in [6.45, 7) is 4.50. The largest absolute Gasteiger partial charge is 0.494 e. The maximum atomic E-state index is 12.0. The molecule has 0 heterocycles. The van der Waals surface area contributed by atoms with Crippen LogP contribution in [0.3, 0.4) is 0 Å². The van der Waals surface area contributed by atoms with Crippen molar-refractivity contribution in [3.63, 3.8) is 0 Å². The number of halogens is 1. The quantitative estimate of drug-likeness (QED) is 0.611. The molecule has 0 aliphatic carbocycles. The number of hydrogen-bond donors (Lipinski definition) is 1. The molecule has 0 saturated carbocycles. The fourth-order valence-electron chi connectivity index (χ4n) is 1.92. The van der Waals surface area contributed by atoms with Gasteiger partial charge in [-0.05, 0) is 55.8 Å². The van der Waals surface area contributed by atoms with Gasteiger partial charge in [-0.15, -0.1) is 0 Å². The van der Waals surface area contributed by atoms with E-state index < -0.39 is 0 Å². The number of benzene rings is 2. The molecule has 0 radical (unpaired) electrons. The number of carbonyl (C=O) groups is 1. The van der Waals surface area contributed by atoms with E-state index in [1.165, 1.54) is 6.08 Å². The molecular weight excluding hydrogens is 298 g/mol. The van der Waals surface area contributed by atoms with Crippen molar-refractivity contribution in [2.24, 2.45) is 0 Å². The number of aryl methyl sites for hydroxylation is 1. The molecule has 0 amide bonds. The van der Waals surface area contributed by atoms with Gasteiger partial charge in [0, 0.05) is 17.8 Å². The molecule has 2 aromatic carbocycles. The zero-order chi connectivity index (χ0) is 15.9. The number of anilines is 1. The van der Waals surface area contributed by atoms with Crippen LogP contribution in [-0.2, 0) is 0 Å². The standard InChI is InChI=1S/C18H18ClNO2/c1-3-22-15-7-5-14(6-8-15)18(21)10-11-20-17-9-4-13(2)12-16(17)19/h4-12,20H,3H2,1-2H3. The number of ether oxygens (including phenoxy) is 1. The first kappa shape index (κ1) is 16.1. The first-order valence-electron chi connectivity index (χ1n) is 7.06. The monoisotopic (exact) mass is 315 g/mol. The molecular formula is C18H18ClNO2. The predicted molar refractivity (Wildman–Crippen MR) is 90.9 cm³/mol. The van der Waals surface area contributed by atoms with Crippen molar-refractivity contribution < 1.29 is 9.53 Å².